The van der Waals surface area contributed by atoms with Crippen LogP contribution in [0.15, 0.2) is 24.3 Å². The molecule has 1 aromatic carbocycles. The predicted octanol–water partition coefficient (Wildman–Crippen LogP) is 3.94. The van der Waals surface area contributed by atoms with Crippen molar-refractivity contribution in [1.82, 2.24) is 5.32 Å². The van der Waals surface area contributed by atoms with Crippen LogP contribution in [-0.4, -0.2) is 25.2 Å². The molecule has 0 aromatic heterocycles. The molecule has 0 bridgehead atoms. The van der Waals surface area contributed by atoms with Crippen LogP contribution in [0.3, 0.4) is 0 Å². The van der Waals surface area contributed by atoms with Crippen LogP contribution in [0.4, 0.5) is 10.5 Å². The van der Waals surface area contributed by atoms with Gasteiger partial charge in [0.15, 0.2) is 0 Å². The van der Waals surface area contributed by atoms with E-state index in [0.717, 1.165) is 44.5 Å². The summed E-state index contributed by atoms with van der Waals surface area (Å²) < 4.78 is 6.09. The first-order valence-corrected chi connectivity index (χ1v) is 9.13. The zero-order valence-electron chi connectivity index (χ0n) is 13.7. The molecule has 0 unspecified atom stereocenters. The summed E-state index contributed by atoms with van der Waals surface area (Å²) >= 11 is 0. The zero-order chi connectivity index (χ0) is 15.7. The Hall–Kier alpha value is -1.55. The highest BCUT2D eigenvalue weighted by Crippen LogP contribution is 2.45. The number of piperidine rings is 1. The second-order valence-corrected chi connectivity index (χ2v) is 7.14. The summed E-state index contributed by atoms with van der Waals surface area (Å²) in [5, 5.41) is 3.38. The van der Waals surface area contributed by atoms with Crippen LogP contribution in [0.1, 0.15) is 56.9 Å². The van der Waals surface area contributed by atoms with E-state index in [1.807, 2.05) is 4.90 Å². The van der Waals surface area contributed by atoms with E-state index in [-0.39, 0.29) is 6.09 Å². The minimum Gasteiger partial charge on any atom is -0.437 e. The van der Waals surface area contributed by atoms with Gasteiger partial charge >= 0.3 is 6.09 Å². The van der Waals surface area contributed by atoms with E-state index >= 15 is 0 Å². The third-order valence-corrected chi connectivity index (χ3v) is 5.73. The minimum absolute atomic E-state index is 0.127. The molecule has 124 valence electrons. The standard InChI is InChI=1S/C19H26N2O2/c22-18-21(15-7-3-1-2-4-8-15)17-10-6-5-9-16(17)19(23-18)11-13-20-14-12-19/h5-6,9-10,15,20H,1-4,7-8,11-14H2. The van der Waals surface area contributed by atoms with Crippen molar-refractivity contribution in [3.63, 3.8) is 0 Å². The van der Waals surface area contributed by atoms with Crippen molar-refractivity contribution in [1.29, 1.82) is 0 Å². The third-order valence-electron chi connectivity index (χ3n) is 5.73. The lowest BCUT2D eigenvalue weighted by Gasteiger charge is -2.46. The van der Waals surface area contributed by atoms with Crippen LogP contribution in [-0.2, 0) is 10.3 Å². The predicted molar refractivity (Wildman–Crippen MR) is 90.7 cm³/mol. The molecule has 1 saturated heterocycles. The fraction of sp³-hybridized carbons (Fsp3) is 0.632. The Kier molecular flexibility index (Phi) is 4.02. The summed E-state index contributed by atoms with van der Waals surface area (Å²) in [5.41, 5.74) is 1.89. The molecular formula is C19H26N2O2. The van der Waals surface area contributed by atoms with E-state index in [0.29, 0.717) is 6.04 Å². The van der Waals surface area contributed by atoms with Crippen LogP contribution >= 0.6 is 0 Å². The molecule has 1 saturated carbocycles. The number of anilines is 1. The van der Waals surface area contributed by atoms with Gasteiger partial charge in [0, 0.05) is 24.4 Å². The Morgan fingerprint density at radius 2 is 1.74 bits per heavy atom. The van der Waals surface area contributed by atoms with E-state index in [4.69, 9.17) is 4.74 Å². The normalized spacial score (nSPS) is 24.9. The van der Waals surface area contributed by atoms with Gasteiger partial charge in [-0.3, -0.25) is 4.90 Å². The Bertz CT molecular complexity index is 572. The molecule has 4 heteroatoms. The molecule has 1 aliphatic carbocycles. The lowest BCUT2D eigenvalue weighted by Crippen LogP contribution is -2.53. The number of para-hydroxylation sites is 1. The Balaban J connectivity index is 1.73. The number of rotatable bonds is 1. The van der Waals surface area contributed by atoms with Crippen molar-refractivity contribution in [3.8, 4) is 0 Å². The van der Waals surface area contributed by atoms with Crippen LogP contribution in [0.25, 0.3) is 0 Å². The molecule has 1 amide bonds. The van der Waals surface area contributed by atoms with Gasteiger partial charge < -0.3 is 10.1 Å². The highest BCUT2D eigenvalue weighted by molar-refractivity contribution is 5.92. The van der Waals surface area contributed by atoms with Crippen molar-refractivity contribution >= 4 is 11.8 Å². The van der Waals surface area contributed by atoms with Crippen LogP contribution in [0, 0.1) is 0 Å². The SMILES string of the molecule is O=C1OC2(CCNCC2)c2ccccc2N1C1CCCCCC1. The average Bonchev–Trinajstić information content (AvgIpc) is 2.85. The second-order valence-electron chi connectivity index (χ2n) is 7.14. The molecule has 1 N–H and O–H groups in total. The molecule has 1 aromatic rings. The van der Waals surface area contributed by atoms with Gasteiger partial charge in [-0.15, -0.1) is 0 Å². The lowest BCUT2D eigenvalue weighted by atomic mass is 9.82. The van der Waals surface area contributed by atoms with E-state index in [1.54, 1.807) is 0 Å². The molecule has 3 aliphatic rings. The van der Waals surface area contributed by atoms with Gasteiger partial charge in [0.05, 0.1) is 5.69 Å². The molecule has 2 fully saturated rings. The van der Waals surface area contributed by atoms with E-state index in [9.17, 15) is 4.79 Å². The maximum Gasteiger partial charge on any atom is 0.415 e. The number of hydrogen-bond acceptors (Lipinski definition) is 3. The summed E-state index contributed by atoms with van der Waals surface area (Å²) in [5.74, 6) is 0. The smallest absolute Gasteiger partial charge is 0.415 e. The van der Waals surface area contributed by atoms with Gasteiger partial charge in [0.2, 0.25) is 0 Å². The number of carbonyl (C=O) groups is 1. The first-order chi connectivity index (χ1) is 11.3. The van der Waals surface area contributed by atoms with E-state index in [2.05, 4.69) is 29.6 Å². The summed E-state index contributed by atoms with van der Waals surface area (Å²) in [4.78, 5) is 14.9. The first kappa shape index (κ1) is 15.0. The lowest BCUT2D eigenvalue weighted by molar-refractivity contribution is -0.0192. The second kappa shape index (κ2) is 6.16. The Labute approximate surface area is 138 Å². The number of fused-ring (bicyclic) bond motifs is 2. The van der Waals surface area contributed by atoms with E-state index in [1.165, 1.54) is 31.2 Å². The maximum absolute atomic E-state index is 12.9. The van der Waals surface area contributed by atoms with Crippen molar-refractivity contribution in [2.75, 3.05) is 18.0 Å². The summed E-state index contributed by atoms with van der Waals surface area (Å²) in [6.45, 7) is 1.82. The highest BCUT2D eigenvalue weighted by Gasteiger charge is 2.47. The van der Waals surface area contributed by atoms with Gasteiger partial charge in [-0.2, -0.15) is 0 Å². The van der Waals surface area contributed by atoms with Gasteiger partial charge in [-0.1, -0.05) is 43.9 Å². The number of nitrogens with zero attached hydrogens (tertiary/aromatic N) is 1. The van der Waals surface area contributed by atoms with Gasteiger partial charge in [-0.25, -0.2) is 4.79 Å². The van der Waals surface area contributed by atoms with Gasteiger partial charge in [0.1, 0.15) is 5.60 Å². The molecular weight excluding hydrogens is 288 g/mol. The van der Waals surface area contributed by atoms with Crippen molar-refractivity contribution in [3.05, 3.63) is 29.8 Å². The van der Waals surface area contributed by atoms with Gasteiger partial charge in [0.25, 0.3) is 0 Å². The van der Waals surface area contributed by atoms with Crippen molar-refractivity contribution in [2.45, 2.75) is 63.0 Å². The molecule has 4 nitrogen and oxygen atoms in total. The first-order valence-electron chi connectivity index (χ1n) is 9.13. The number of benzene rings is 1. The Morgan fingerprint density at radius 1 is 1.04 bits per heavy atom. The fourth-order valence-electron chi connectivity index (χ4n) is 4.50. The summed E-state index contributed by atoms with van der Waals surface area (Å²) in [6, 6.07) is 8.70. The summed E-state index contributed by atoms with van der Waals surface area (Å²) in [6.07, 6.45) is 8.81. The molecule has 1 spiro atoms. The molecule has 2 heterocycles. The number of carbonyl (C=O) groups excluding carboxylic acids is 1. The quantitative estimate of drug-likeness (QED) is 0.798. The zero-order valence-corrected chi connectivity index (χ0v) is 13.7. The monoisotopic (exact) mass is 314 g/mol. The van der Waals surface area contributed by atoms with Crippen molar-refractivity contribution < 1.29 is 9.53 Å². The van der Waals surface area contributed by atoms with Crippen LogP contribution in [0.5, 0.6) is 0 Å². The van der Waals surface area contributed by atoms with Crippen LogP contribution < -0.4 is 10.2 Å². The van der Waals surface area contributed by atoms with Crippen molar-refractivity contribution in [2.24, 2.45) is 0 Å². The highest BCUT2D eigenvalue weighted by atomic mass is 16.6. The molecule has 23 heavy (non-hydrogen) atoms. The summed E-state index contributed by atoms with van der Waals surface area (Å²) in [7, 11) is 0. The van der Waals surface area contributed by atoms with E-state index < -0.39 is 5.60 Å². The molecule has 0 radical (unpaired) electrons. The molecule has 2 aliphatic heterocycles. The average molecular weight is 314 g/mol. The number of nitrogens with one attached hydrogen (secondary N) is 1. The number of hydrogen-bond donors (Lipinski definition) is 1. The number of ether oxygens (including phenoxy) is 1. The molecule has 0 atom stereocenters. The third kappa shape index (κ3) is 2.63. The van der Waals surface area contributed by atoms with Gasteiger partial charge in [-0.05, 0) is 32.0 Å². The minimum atomic E-state index is -0.417. The largest absolute Gasteiger partial charge is 0.437 e. The maximum atomic E-state index is 12.9. The molecule has 4 rings (SSSR count). The number of amides is 1. The van der Waals surface area contributed by atoms with Crippen LogP contribution in [0.2, 0.25) is 0 Å². The fourth-order valence-corrected chi connectivity index (χ4v) is 4.50. The topological polar surface area (TPSA) is 41.6 Å². The Morgan fingerprint density at radius 3 is 2.48 bits per heavy atom.